The second kappa shape index (κ2) is 5.90. The Kier molecular flexibility index (Phi) is 4.96. The molecule has 1 heterocycles. The molecule has 1 amide bonds. The van der Waals surface area contributed by atoms with E-state index in [0.29, 0.717) is 19.6 Å². The summed E-state index contributed by atoms with van der Waals surface area (Å²) in [4.78, 5) is 31.0. The zero-order valence-electron chi connectivity index (χ0n) is 12.9. The first-order valence-corrected chi connectivity index (χ1v) is 6.90. The molecule has 1 atom stereocenters. The van der Waals surface area contributed by atoms with Gasteiger partial charge in [0.05, 0.1) is 18.0 Å². The molecule has 0 aromatic carbocycles. The molecule has 1 fully saturated rings. The lowest BCUT2D eigenvalue weighted by molar-refractivity contribution is -0.219. The minimum absolute atomic E-state index is 0.0101. The SMILES string of the molecule is CC(C)C(=O)N1CCN(OC(=O)C(C)(C)C)[C@@H](C)C1. The van der Waals surface area contributed by atoms with Gasteiger partial charge in [-0.3, -0.25) is 4.79 Å². The standard InChI is InChI=1S/C14H26N2O3/c1-10(2)12(17)15-7-8-16(11(3)9-15)19-13(18)14(4,5)6/h10-11H,7-9H2,1-6H3/t11-/m0/s1. The Hall–Kier alpha value is -1.10. The van der Waals surface area contributed by atoms with Crippen molar-refractivity contribution in [3.63, 3.8) is 0 Å². The summed E-state index contributed by atoms with van der Waals surface area (Å²) in [6, 6.07) is 0.0303. The Morgan fingerprint density at radius 3 is 2.21 bits per heavy atom. The van der Waals surface area contributed by atoms with Crippen molar-refractivity contribution >= 4 is 11.9 Å². The largest absolute Gasteiger partial charge is 0.367 e. The minimum Gasteiger partial charge on any atom is -0.367 e. The highest BCUT2D eigenvalue weighted by Gasteiger charge is 2.32. The van der Waals surface area contributed by atoms with Crippen molar-refractivity contribution in [3.8, 4) is 0 Å². The van der Waals surface area contributed by atoms with Crippen LogP contribution in [0.1, 0.15) is 41.5 Å². The molecule has 0 radical (unpaired) electrons. The summed E-state index contributed by atoms with van der Waals surface area (Å²) in [5.74, 6) is -0.0625. The van der Waals surface area contributed by atoms with E-state index in [4.69, 9.17) is 4.84 Å². The average Bonchev–Trinajstić information content (AvgIpc) is 2.29. The van der Waals surface area contributed by atoms with Gasteiger partial charge >= 0.3 is 5.97 Å². The summed E-state index contributed by atoms with van der Waals surface area (Å²) in [7, 11) is 0. The maximum atomic E-state index is 11.9. The van der Waals surface area contributed by atoms with Crippen molar-refractivity contribution in [2.75, 3.05) is 19.6 Å². The van der Waals surface area contributed by atoms with Gasteiger partial charge in [0.2, 0.25) is 5.91 Å². The summed E-state index contributed by atoms with van der Waals surface area (Å²) in [5.41, 5.74) is -0.509. The summed E-state index contributed by atoms with van der Waals surface area (Å²) in [6.07, 6.45) is 0. The van der Waals surface area contributed by atoms with Gasteiger partial charge in [0, 0.05) is 19.0 Å². The number of rotatable bonds is 2. The van der Waals surface area contributed by atoms with Gasteiger partial charge in [-0.05, 0) is 27.7 Å². The predicted octanol–water partition coefficient (Wildman–Crippen LogP) is 1.68. The normalized spacial score (nSPS) is 21.6. The van der Waals surface area contributed by atoms with Gasteiger partial charge in [0.15, 0.2) is 0 Å². The molecule has 0 aromatic rings. The first-order chi connectivity index (χ1) is 8.62. The average molecular weight is 270 g/mol. The van der Waals surface area contributed by atoms with E-state index in [2.05, 4.69) is 0 Å². The third kappa shape index (κ3) is 4.20. The molecular formula is C14H26N2O3. The second-order valence-electron chi connectivity index (χ2n) is 6.56. The molecular weight excluding hydrogens is 244 g/mol. The highest BCUT2D eigenvalue weighted by atomic mass is 16.7. The van der Waals surface area contributed by atoms with Crippen LogP contribution in [0.2, 0.25) is 0 Å². The Bertz CT molecular complexity index is 347. The first-order valence-electron chi connectivity index (χ1n) is 6.90. The van der Waals surface area contributed by atoms with Crippen molar-refractivity contribution < 1.29 is 14.4 Å². The quantitative estimate of drug-likeness (QED) is 0.766. The van der Waals surface area contributed by atoms with Crippen LogP contribution in [0.5, 0.6) is 0 Å². The number of carbonyl (C=O) groups excluding carboxylic acids is 2. The number of hydroxylamine groups is 2. The van der Waals surface area contributed by atoms with E-state index >= 15 is 0 Å². The Balaban J connectivity index is 2.56. The van der Waals surface area contributed by atoms with Crippen LogP contribution >= 0.6 is 0 Å². The molecule has 1 saturated heterocycles. The van der Waals surface area contributed by atoms with Crippen molar-refractivity contribution in [2.24, 2.45) is 11.3 Å². The Morgan fingerprint density at radius 2 is 1.79 bits per heavy atom. The number of piperazine rings is 1. The highest BCUT2D eigenvalue weighted by molar-refractivity contribution is 5.78. The smallest absolute Gasteiger partial charge is 0.330 e. The summed E-state index contributed by atoms with van der Waals surface area (Å²) < 4.78 is 0. The van der Waals surface area contributed by atoms with Crippen molar-refractivity contribution in [2.45, 2.75) is 47.6 Å². The topological polar surface area (TPSA) is 49.9 Å². The molecule has 19 heavy (non-hydrogen) atoms. The highest BCUT2D eigenvalue weighted by Crippen LogP contribution is 2.19. The van der Waals surface area contributed by atoms with Crippen molar-refractivity contribution in [1.82, 2.24) is 9.96 Å². The molecule has 0 aromatic heterocycles. The molecule has 0 aliphatic carbocycles. The van der Waals surface area contributed by atoms with E-state index in [9.17, 15) is 9.59 Å². The molecule has 0 N–H and O–H groups in total. The Morgan fingerprint density at radius 1 is 1.21 bits per heavy atom. The van der Waals surface area contributed by atoms with Crippen LogP contribution in [0, 0.1) is 11.3 Å². The monoisotopic (exact) mass is 270 g/mol. The number of amides is 1. The summed E-state index contributed by atoms with van der Waals surface area (Å²) in [6.45, 7) is 13.1. The second-order valence-corrected chi connectivity index (χ2v) is 6.56. The number of carbonyl (C=O) groups is 2. The van der Waals surface area contributed by atoms with Crippen LogP contribution < -0.4 is 0 Å². The molecule has 5 nitrogen and oxygen atoms in total. The fraction of sp³-hybridized carbons (Fsp3) is 0.857. The van der Waals surface area contributed by atoms with Gasteiger partial charge in [-0.2, -0.15) is 0 Å². The molecule has 5 heteroatoms. The van der Waals surface area contributed by atoms with Crippen LogP contribution in [0.25, 0.3) is 0 Å². The maximum absolute atomic E-state index is 11.9. The number of nitrogens with zero attached hydrogens (tertiary/aromatic N) is 2. The van der Waals surface area contributed by atoms with Crippen molar-refractivity contribution in [1.29, 1.82) is 0 Å². The van der Waals surface area contributed by atoms with Gasteiger partial charge in [-0.1, -0.05) is 13.8 Å². The van der Waals surface area contributed by atoms with E-state index in [0.717, 1.165) is 0 Å². The third-order valence-electron chi connectivity index (χ3n) is 3.18. The number of hydrogen-bond donors (Lipinski definition) is 0. The van der Waals surface area contributed by atoms with Crippen LogP contribution in [-0.2, 0) is 14.4 Å². The van der Waals surface area contributed by atoms with Gasteiger partial charge in [0.25, 0.3) is 0 Å². The minimum atomic E-state index is -0.509. The van der Waals surface area contributed by atoms with Gasteiger partial charge in [-0.15, -0.1) is 5.06 Å². The van der Waals surface area contributed by atoms with Crippen LogP contribution in [0.3, 0.4) is 0 Å². The van der Waals surface area contributed by atoms with Crippen molar-refractivity contribution in [3.05, 3.63) is 0 Å². The molecule has 0 spiro atoms. The van der Waals surface area contributed by atoms with E-state index in [1.54, 1.807) is 5.06 Å². The molecule has 0 saturated carbocycles. The predicted molar refractivity (Wildman–Crippen MR) is 73.1 cm³/mol. The zero-order valence-corrected chi connectivity index (χ0v) is 12.9. The van der Waals surface area contributed by atoms with E-state index < -0.39 is 5.41 Å². The van der Waals surface area contributed by atoms with Gasteiger partial charge < -0.3 is 9.74 Å². The zero-order chi connectivity index (χ0) is 14.8. The molecule has 1 aliphatic heterocycles. The van der Waals surface area contributed by atoms with E-state index in [-0.39, 0.29) is 23.8 Å². The lowest BCUT2D eigenvalue weighted by atomic mass is 9.98. The Labute approximate surface area is 115 Å². The summed E-state index contributed by atoms with van der Waals surface area (Å²) in [5, 5.41) is 1.69. The molecule has 1 rings (SSSR count). The van der Waals surface area contributed by atoms with Gasteiger partial charge in [0.1, 0.15) is 0 Å². The molecule has 1 aliphatic rings. The lowest BCUT2D eigenvalue weighted by Gasteiger charge is -2.39. The summed E-state index contributed by atoms with van der Waals surface area (Å²) >= 11 is 0. The molecule has 110 valence electrons. The van der Waals surface area contributed by atoms with E-state index in [1.807, 2.05) is 46.4 Å². The lowest BCUT2D eigenvalue weighted by Crippen LogP contribution is -2.55. The first kappa shape index (κ1) is 16.0. The van der Waals surface area contributed by atoms with Crippen LogP contribution in [-0.4, -0.2) is 47.5 Å². The number of hydrogen-bond acceptors (Lipinski definition) is 4. The fourth-order valence-electron chi connectivity index (χ4n) is 1.89. The van der Waals surface area contributed by atoms with Gasteiger partial charge in [-0.25, -0.2) is 4.79 Å². The molecule has 0 bridgehead atoms. The maximum Gasteiger partial charge on any atom is 0.330 e. The molecule has 0 unspecified atom stereocenters. The van der Waals surface area contributed by atoms with Crippen LogP contribution in [0.4, 0.5) is 0 Å². The van der Waals surface area contributed by atoms with Crippen LogP contribution in [0.15, 0.2) is 0 Å². The fourth-order valence-corrected chi connectivity index (χ4v) is 1.89. The third-order valence-corrected chi connectivity index (χ3v) is 3.18. The van der Waals surface area contributed by atoms with E-state index in [1.165, 1.54) is 0 Å².